The van der Waals surface area contributed by atoms with Gasteiger partial charge in [0, 0.05) is 31.0 Å². The normalized spacial score (nSPS) is 14.7. The highest BCUT2D eigenvalue weighted by Gasteiger charge is 2.41. The van der Waals surface area contributed by atoms with Crippen LogP contribution in [0.25, 0.3) is 11.1 Å². The van der Waals surface area contributed by atoms with E-state index in [2.05, 4.69) is 4.98 Å². The Kier molecular flexibility index (Phi) is 8.12. The first kappa shape index (κ1) is 30.7. The van der Waals surface area contributed by atoms with Crippen LogP contribution in [0.5, 0.6) is 0 Å². The number of alkyl halides is 6. The number of likely N-dealkylation sites (N-methyl/N-ethyl adjacent to an activating group) is 1. The number of halogens is 7. The zero-order valence-corrected chi connectivity index (χ0v) is 23.7. The molecular formula is C29H28F7N3OS. The molecule has 0 N–H and O–H groups in total. The Balaban J connectivity index is 1.80. The van der Waals surface area contributed by atoms with Crippen molar-refractivity contribution in [3.05, 3.63) is 76.7 Å². The number of carbonyl (C=O) groups is 1. The van der Waals surface area contributed by atoms with Crippen molar-refractivity contribution in [2.45, 2.75) is 43.8 Å². The minimum atomic E-state index is -5.06. The molecule has 3 aromatic rings. The molecule has 4 nitrogen and oxygen atoms in total. The number of pyridine rings is 1. The predicted octanol–water partition coefficient (Wildman–Crippen LogP) is 7.73. The third-order valence-electron chi connectivity index (χ3n) is 7.36. The number of rotatable bonds is 6. The van der Waals surface area contributed by atoms with Gasteiger partial charge >= 0.3 is 12.4 Å². The van der Waals surface area contributed by atoms with Crippen LogP contribution in [-0.4, -0.2) is 42.5 Å². The number of anilines is 2. The molecule has 0 aliphatic carbocycles. The molecule has 1 saturated heterocycles. The summed E-state index contributed by atoms with van der Waals surface area (Å²) in [5, 5.41) is 0.437. The minimum absolute atomic E-state index is 0.0310. The van der Waals surface area contributed by atoms with Gasteiger partial charge < -0.3 is 9.80 Å². The van der Waals surface area contributed by atoms with E-state index in [-0.39, 0.29) is 11.8 Å². The zero-order valence-electron chi connectivity index (χ0n) is 22.9. The van der Waals surface area contributed by atoms with Crippen LogP contribution < -0.4 is 9.80 Å². The minimum Gasteiger partial charge on any atom is -0.354 e. The van der Waals surface area contributed by atoms with E-state index in [1.165, 1.54) is 44.1 Å². The Morgan fingerprint density at radius 2 is 1.49 bits per heavy atom. The largest absolute Gasteiger partial charge is 0.416 e. The molecule has 1 aliphatic heterocycles. The standard InChI is InChI=1S/C29H28F7N3OS/c1-16-8-20(30)6-7-22(16)23-12-25(39-14-21(15-39)41-5)37-13-24(23)38(4)26(40)27(2,3)17-9-18(28(31,32)33)11-19(10-17)29(34,35)36/h6-13,21H,14-15H2,1-5H3. The summed E-state index contributed by atoms with van der Waals surface area (Å²) in [5.41, 5.74) is -3.28. The lowest BCUT2D eigenvalue weighted by Crippen LogP contribution is -2.49. The van der Waals surface area contributed by atoms with Crippen molar-refractivity contribution in [2.24, 2.45) is 0 Å². The summed E-state index contributed by atoms with van der Waals surface area (Å²) in [6.07, 6.45) is -6.65. The summed E-state index contributed by atoms with van der Waals surface area (Å²) in [6, 6.07) is 7.09. The number of thioether (sulfide) groups is 1. The smallest absolute Gasteiger partial charge is 0.354 e. The average Bonchev–Trinajstić information content (AvgIpc) is 2.86. The number of hydrogen-bond acceptors (Lipinski definition) is 4. The number of carbonyl (C=O) groups excluding carboxylic acids is 1. The molecule has 12 heteroatoms. The highest BCUT2D eigenvalue weighted by molar-refractivity contribution is 7.99. The zero-order chi connectivity index (χ0) is 30.5. The molecule has 4 rings (SSSR count). The van der Waals surface area contributed by atoms with Crippen molar-refractivity contribution in [2.75, 3.05) is 36.2 Å². The summed E-state index contributed by atoms with van der Waals surface area (Å²) in [7, 11) is 1.38. The van der Waals surface area contributed by atoms with Gasteiger partial charge in [-0.1, -0.05) is 6.07 Å². The van der Waals surface area contributed by atoms with Crippen molar-refractivity contribution >= 4 is 29.2 Å². The molecule has 0 spiro atoms. The van der Waals surface area contributed by atoms with Crippen LogP contribution in [-0.2, 0) is 22.6 Å². The molecule has 0 unspecified atom stereocenters. The van der Waals surface area contributed by atoms with Gasteiger partial charge in [-0.3, -0.25) is 4.79 Å². The third-order valence-corrected chi connectivity index (χ3v) is 8.33. The Bertz CT molecular complexity index is 1430. The maximum atomic E-state index is 13.9. The van der Waals surface area contributed by atoms with E-state index in [9.17, 15) is 35.5 Å². The summed E-state index contributed by atoms with van der Waals surface area (Å²) in [6.45, 7) is 5.76. The molecule has 1 amide bonds. The quantitative estimate of drug-likeness (QED) is 0.272. The van der Waals surface area contributed by atoms with E-state index in [4.69, 9.17) is 0 Å². The first-order chi connectivity index (χ1) is 18.9. The molecule has 1 aliphatic rings. The predicted molar refractivity (Wildman–Crippen MR) is 147 cm³/mol. The monoisotopic (exact) mass is 599 g/mol. The number of amides is 1. The number of benzene rings is 2. The molecular weight excluding hydrogens is 571 g/mol. The van der Waals surface area contributed by atoms with E-state index < -0.39 is 46.2 Å². The molecule has 2 aromatic carbocycles. The van der Waals surface area contributed by atoms with Crippen LogP contribution in [0.1, 0.15) is 36.1 Å². The summed E-state index contributed by atoms with van der Waals surface area (Å²) < 4.78 is 95.2. The van der Waals surface area contributed by atoms with Crippen molar-refractivity contribution in [1.29, 1.82) is 0 Å². The van der Waals surface area contributed by atoms with Crippen molar-refractivity contribution in [3.63, 3.8) is 0 Å². The van der Waals surface area contributed by atoms with Gasteiger partial charge in [-0.25, -0.2) is 9.37 Å². The molecule has 0 radical (unpaired) electrons. The Labute approximate surface area is 237 Å². The molecule has 0 atom stereocenters. The fourth-order valence-corrected chi connectivity index (χ4v) is 5.42. The number of aryl methyl sites for hydroxylation is 1. The second-order valence-corrected chi connectivity index (χ2v) is 11.7. The Morgan fingerprint density at radius 3 is 2.00 bits per heavy atom. The van der Waals surface area contributed by atoms with Gasteiger partial charge in [0.25, 0.3) is 0 Å². The molecule has 1 fully saturated rings. The topological polar surface area (TPSA) is 36.4 Å². The van der Waals surface area contributed by atoms with Gasteiger partial charge in [-0.15, -0.1) is 0 Å². The third kappa shape index (κ3) is 6.17. The molecule has 0 bridgehead atoms. The van der Waals surface area contributed by atoms with Crippen molar-refractivity contribution < 1.29 is 35.5 Å². The maximum Gasteiger partial charge on any atom is 0.416 e. The van der Waals surface area contributed by atoms with E-state index in [1.807, 2.05) is 11.2 Å². The second kappa shape index (κ2) is 10.8. The van der Waals surface area contributed by atoms with Crippen molar-refractivity contribution in [3.8, 4) is 11.1 Å². The van der Waals surface area contributed by atoms with Crippen LogP contribution in [0.2, 0.25) is 0 Å². The number of nitrogens with zero attached hydrogens (tertiary/aromatic N) is 3. The van der Waals surface area contributed by atoms with Gasteiger partial charge in [0.05, 0.1) is 28.4 Å². The lowest BCUT2D eigenvalue weighted by atomic mass is 9.81. The summed E-state index contributed by atoms with van der Waals surface area (Å²) in [5.74, 6) is -0.583. The van der Waals surface area contributed by atoms with Crippen LogP contribution >= 0.6 is 11.8 Å². The highest BCUT2D eigenvalue weighted by Crippen LogP contribution is 2.41. The molecule has 1 aromatic heterocycles. The SMILES string of the molecule is CSC1CN(c2cc(-c3ccc(F)cc3C)c(N(C)C(=O)C(C)(C)c3cc(C(F)(F)F)cc(C(F)(F)F)c3)cn2)C1. The fourth-order valence-electron chi connectivity index (χ4n) is 4.76. The Morgan fingerprint density at radius 1 is 0.927 bits per heavy atom. The highest BCUT2D eigenvalue weighted by atomic mass is 32.2. The first-order valence-corrected chi connectivity index (χ1v) is 13.8. The second-order valence-electron chi connectivity index (χ2n) is 10.6. The molecule has 2 heterocycles. The van der Waals surface area contributed by atoms with Crippen LogP contribution in [0.4, 0.5) is 42.2 Å². The maximum absolute atomic E-state index is 13.9. The lowest BCUT2D eigenvalue weighted by Gasteiger charge is -2.39. The van der Waals surface area contributed by atoms with Gasteiger partial charge in [0.1, 0.15) is 11.6 Å². The Hall–Kier alpha value is -3.28. The van der Waals surface area contributed by atoms with E-state index >= 15 is 0 Å². The van der Waals surface area contributed by atoms with Gasteiger partial charge in [0.15, 0.2) is 0 Å². The van der Waals surface area contributed by atoms with Gasteiger partial charge in [-0.05, 0) is 80.1 Å². The number of hydrogen-bond donors (Lipinski definition) is 0. The average molecular weight is 600 g/mol. The van der Waals surface area contributed by atoms with Gasteiger partial charge in [-0.2, -0.15) is 38.1 Å². The van der Waals surface area contributed by atoms with Crippen molar-refractivity contribution in [1.82, 2.24) is 4.98 Å². The van der Waals surface area contributed by atoms with Crippen LogP contribution in [0.15, 0.2) is 48.7 Å². The van der Waals surface area contributed by atoms with E-state index in [0.717, 1.165) is 13.1 Å². The summed E-state index contributed by atoms with van der Waals surface area (Å²) >= 11 is 1.73. The summed E-state index contributed by atoms with van der Waals surface area (Å²) in [4.78, 5) is 21.6. The molecule has 41 heavy (non-hydrogen) atoms. The first-order valence-electron chi connectivity index (χ1n) is 12.6. The van der Waals surface area contributed by atoms with E-state index in [0.29, 0.717) is 39.9 Å². The fraction of sp³-hybridized carbons (Fsp3) is 0.379. The van der Waals surface area contributed by atoms with Gasteiger partial charge in [0.2, 0.25) is 5.91 Å². The molecule has 0 saturated carbocycles. The molecule has 220 valence electrons. The van der Waals surface area contributed by atoms with Crippen LogP contribution in [0, 0.1) is 12.7 Å². The number of aromatic nitrogens is 1. The van der Waals surface area contributed by atoms with Crippen LogP contribution in [0.3, 0.4) is 0 Å². The van der Waals surface area contributed by atoms with E-state index in [1.54, 1.807) is 30.8 Å². The lowest BCUT2D eigenvalue weighted by molar-refractivity contribution is -0.143.